The first-order valence-corrected chi connectivity index (χ1v) is 14.5. The van der Waals surface area contributed by atoms with Crippen molar-refractivity contribution < 1.29 is 9.53 Å². The lowest BCUT2D eigenvalue weighted by molar-refractivity contribution is 0.120. The van der Waals surface area contributed by atoms with E-state index in [9.17, 15) is 4.79 Å². The molecule has 0 aliphatic carbocycles. The smallest absolute Gasteiger partial charge is 0.320 e. The standard InChI is InChI=1S/C29H32Cl2N8O2/c1-19(27-23(30)17-32-18-24(27)31)41-21-4-5-25-22(15-21)28(35-34-25)20-3-6-26(33-16-20)37-11-13-39(14-12-37)29(40)38-9-7-36(2)8-10-38/h3-6,15-19H,7-14H2,1-2H3,(H,34,35). The highest BCUT2D eigenvalue weighted by Gasteiger charge is 2.27. The first kappa shape index (κ1) is 27.6. The third-order valence-electron chi connectivity index (χ3n) is 7.81. The summed E-state index contributed by atoms with van der Waals surface area (Å²) in [5, 5.41) is 9.51. The van der Waals surface area contributed by atoms with Gasteiger partial charge in [0, 0.05) is 87.5 Å². The van der Waals surface area contributed by atoms with Gasteiger partial charge in [0.25, 0.3) is 0 Å². The number of piperazine rings is 2. The molecule has 41 heavy (non-hydrogen) atoms. The van der Waals surface area contributed by atoms with E-state index in [0.29, 0.717) is 34.4 Å². The number of nitrogens with one attached hydrogen (secondary N) is 1. The Morgan fingerprint density at radius 3 is 2.27 bits per heavy atom. The quantitative estimate of drug-likeness (QED) is 0.349. The van der Waals surface area contributed by atoms with E-state index in [2.05, 4.69) is 32.0 Å². The molecule has 1 N–H and O–H groups in total. The second-order valence-corrected chi connectivity index (χ2v) is 11.3. The number of aromatic nitrogens is 4. The molecule has 12 heteroatoms. The summed E-state index contributed by atoms with van der Waals surface area (Å²) < 4.78 is 6.20. The van der Waals surface area contributed by atoms with Crippen LogP contribution in [0.4, 0.5) is 10.6 Å². The maximum Gasteiger partial charge on any atom is 0.320 e. The molecule has 214 valence electrons. The summed E-state index contributed by atoms with van der Waals surface area (Å²) >= 11 is 12.7. The van der Waals surface area contributed by atoms with Crippen molar-refractivity contribution in [3.05, 3.63) is 64.5 Å². The van der Waals surface area contributed by atoms with Crippen molar-refractivity contribution in [3.8, 4) is 17.0 Å². The van der Waals surface area contributed by atoms with E-state index in [1.165, 1.54) is 0 Å². The van der Waals surface area contributed by atoms with Crippen LogP contribution >= 0.6 is 23.2 Å². The number of carbonyl (C=O) groups excluding carboxylic acids is 1. The number of halogens is 2. The van der Waals surface area contributed by atoms with Crippen LogP contribution in [0.2, 0.25) is 10.0 Å². The zero-order valence-corrected chi connectivity index (χ0v) is 24.6. The first-order valence-electron chi connectivity index (χ1n) is 13.7. The lowest BCUT2D eigenvalue weighted by Crippen LogP contribution is -2.56. The molecule has 10 nitrogen and oxygen atoms in total. The van der Waals surface area contributed by atoms with Gasteiger partial charge in [0.2, 0.25) is 0 Å². The van der Waals surface area contributed by atoms with Crippen LogP contribution in [0.1, 0.15) is 18.6 Å². The lowest BCUT2D eigenvalue weighted by atomic mass is 10.1. The molecule has 0 spiro atoms. The average molecular weight is 596 g/mol. The van der Waals surface area contributed by atoms with Crippen molar-refractivity contribution in [2.24, 2.45) is 0 Å². The number of hydrogen-bond donors (Lipinski definition) is 1. The number of pyridine rings is 2. The van der Waals surface area contributed by atoms with E-state index in [1.54, 1.807) is 12.4 Å². The van der Waals surface area contributed by atoms with E-state index >= 15 is 0 Å². The Labute approximate surface area is 248 Å². The lowest BCUT2D eigenvalue weighted by Gasteiger charge is -2.40. The van der Waals surface area contributed by atoms with Crippen LogP contribution in [0.3, 0.4) is 0 Å². The number of rotatable bonds is 5. The number of anilines is 1. The highest BCUT2D eigenvalue weighted by molar-refractivity contribution is 6.35. The molecule has 0 saturated carbocycles. The van der Waals surface area contributed by atoms with E-state index in [-0.39, 0.29) is 12.1 Å². The van der Waals surface area contributed by atoms with Crippen LogP contribution in [-0.4, -0.2) is 100 Å². The van der Waals surface area contributed by atoms with Crippen molar-refractivity contribution in [2.75, 3.05) is 64.3 Å². The molecule has 2 amide bonds. The molecule has 1 unspecified atom stereocenters. The van der Waals surface area contributed by atoms with Crippen molar-refractivity contribution in [2.45, 2.75) is 13.0 Å². The third-order valence-corrected chi connectivity index (χ3v) is 8.42. The number of amides is 2. The van der Waals surface area contributed by atoms with Gasteiger partial charge in [-0.3, -0.25) is 10.1 Å². The summed E-state index contributed by atoms with van der Waals surface area (Å²) in [6.07, 6.45) is 4.60. The Morgan fingerprint density at radius 2 is 1.61 bits per heavy atom. The largest absolute Gasteiger partial charge is 0.486 e. The van der Waals surface area contributed by atoms with Gasteiger partial charge in [0.15, 0.2) is 0 Å². The van der Waals surface area contributed by atoms with Crippen LogP contribution in [0, 0.1) is 0 Å². The van der Waals surface area contributed by atoms with Crippen molar-refractivity contribution in [3.63, 3.8) is 0 Å². The number of likely N-dealkylation sites (N-methyl/N-ethyl adjacent to an activating group) is 1. The van der Waals surface area contributed by atoms with Gasteiger partial charge in [-0.25, -0.2) is 9.78 Å². The number of ether oxygens (including phenoxy) is 1. The number of aromatic amines is 1. The summed E-state index contributed by atoms with van der Waals surface area (Å²) in [7, 11) is 2.10. The summed E-state index contributed by atoms with van der Waals surface area (Å²) in [5.74, 6) is 1.56. The predicted molar refractivity (Wildman–Crippen MR) is 161 cm³/mol. The molecule has 2 fully saturated rings. The average Bonchev–Trinajstić information content (AvgIpc) is 3.41. The van der Waals surface area contributed by atoms with E-state index in [1.807, 2.05) is 53.3 Å². The highest BCUT2D eigenvalue weighted by Crippen LogP contribution is 2.35. The van der Waals surface area contributed by atoms with Crippen LogP contribution in [-0.2, 0) is 0 Å². The maximum atomic E-state index is 12.9. The molecule has 3 aromatic heterocycles. The van der Waals surface area contributed by atoms with Crippen LogP contribution in [0.5, 0.6) is 5.75 Å². The van der Waals surface area contributed by atoms with Crippen molar-refractivity contribution >= 4 is 46.0 Å². The minimum absolute atomic E-state index is 0.149. The number of hydrogen-bond acceptors (Lipinski definition) is 7. The molecule has 1 aromatic carbocycles. The number of H-pyrrole nitrogens is 1. The third kappa shape index (κ3) is 5.77. The molecule has 0 radical (unpaired) electrons. The Kier molecular flexibility index (Phi) is 7.88. The molecular weight excluding hydrogens is 563 g/mol. The number of nitrogens with zero attached hydrogens (tertiary/aromatic N) is 7. The summed E-state index contributed by atoms with van der Waals surface area (Å²) in [4.78, 5) is 30.1. The molecule has 2 aliphatic rings. The van der Waals surface area contributed by atoms with Crippen molar-refractivity contribution in [1.29, 1.82) is 0 Å². The van der Waals surface area contributed by atoms with E-state index < -0.39 is 0 Å². The molecule has 0 bridgehead atoms. The molecular formula is C29H32Cl2N8O2. The topological polar surface area (TPSA) is 93.7 Å². The van der Waals surface area contributed by atoms with Crippen LogP contribution in [0.15, 0.2) is 48.9 Å². The van der Waals surface area contributed by atoms with Crippen molar-refractivity contribution in [1.82, 2.24) is 34.9 Å². The number of benzene rings is 1. The van der Waals surface area contributed by atoms with Gasteiger partial charge >= 0.3 is 6.03 Å². The monoisotopic (exact) mass is 594 g/mol. The van der Waals surface area contributed by atoms with Crippen LogP contribution < -0.4 is 9.64 Å². The molecule has 2 aliphatic heterocycles. The van der Waals surface area contributed by atoms with Gasteiger partial charge < -0.3 is 24.3 Å². The highest BCUT2D eigenvalue weighted by atomic mass is 35.5. The van der Waals surface area contributed by atoms with Gasteiger partial charge in [-0.05, 0) is 44.3 Å². The van der Waals surface area contributed by atoms with E-state index in [4.69, 9.17) is 32.9 Å². The first-order chi connectivity index (χ1) is 19.9. The molecule has 4 aromatic rings. The zero-order valence-electron chi connectivity index (χ0n) is 23.1. The second-order valence-electron chi connectivity index (χ2n) is 10.5. The molecule has 6 rings (SSSR count). The van der Waals surface area contributed by atoms with Gasteiger partial charge in [0.05, 0.1) is 15.6 Å². The molecule has 5 heterocycles. The second kappa shape index (κ2) is 11.7. The summed E-state index contributed by atoms with van der Waals surface area (Å²) in [6, 6.07) is 9.98. The van der Waals surface area contributed by atoms with Gasteiger partial charge in [0.1, 0.15) is 23.4 Å². The molecule has 2 saturated heterocycles. The van der Waals surface area contributed by atoms with Gasteiger partial charge in [-0.2, -0.15) is 5.10 Å². The minimum atomic E-state index is -0.371. The van der Waals surface area contributed by atoms with Gasteiger partial charge in [-0.1, -0.05) is 23.2 Å². The normalized spacial score (nSPS) is 17.2. The Morgan fingerprint density at radius 1 is 0.927 bits per heavy atom. The number of carbonyl (C=O) groups is 1. The Bertz CT molecular complexity index is 1510. The number of fused-ring (bicyclic) bond motifs is 1. The van der Waals surface area contributed by atoms with Gasteiger partial charge in [-0.15, -0.1) is 0 Å². The van der Waals surface area contributed by atoms with Crippen LogP contribution in [0.25, 0.3) is 22.2 Å². The fourth-order valence-corrected chi connectivity index (χ4v) is 6.07. The Hall–Kier alpha value is -3.60. The summed E-state index contributed by atoms with van der Waals surface area (Å²) in [6.45, 7) is 8.22. The van der Waals surface area contributed by atoms with E-state index in [0.717, 1.165) is 67.2 Å². The predicted octanol–water partition coefficient (Wildman–Crippen LogP) is 4.96. The fourth-order valence-electron chi connectivity index (χ4n) is 5.40. The SMILES string of the molecule is CC(Oc1ccc2[nH]nc(-c3ccc(N4CCN(C(=O)N5CCN(C)CC5)CC4)nc3)c2c1)c1c(Cl)cncc1Cl. The zero-order chi connectivity index (χ0) is 28.5. The molecule has 1 atom stereocenters. The maximum absolute atomic E-state index is 12.9. The number of urea groups is 1. The minimum Gasteiger partial charge on any atom is -0.486 e. The fraction of sp³-hybridized carbons (Fsp3) is 0.379. The summed E-state index contributed by atoms with van der Waals surface area (Å²) in [5.41, 5.74) is 3.28. The Balaban J connectivity index is 1.12.